The number of hydrogen-bond acceptors (Lipinski definition) is 5. The standard InChI is InChI=1S/C11H16N2O3/c1-15-6-2-3-10-12-11(16-13-10)7-9(14)8-4-5-8/h8H,2-7H2,1H3. The van der Waals surface area contributed by atoms with E-state index in [4.69, 9.17) is 9.26 Å². The lowest BCUT2D eigenvalue weighted by Gasteiger charge is -1.93. The third kappa shape index (κ3) is 3.13. The van der Waals surface area contributed by atoms with Crippen LogP contribution >= 0.6 is 0 Å². The number of nitrogens with zero attached hydrogens (tertiary/aromatic N) is 2. The molecule has 1 aliphatic carbocycles. The third-order valence-corrected chi connectivity index (χ3v) is 2.62. The molecule has 0 spiro atoms. The number of aromatic nitrogens is 2. The molecule has 1 fully saturated rings. The zero-order valence-corrected chi connectivity index (χ0v) is 9.44. The first-order valence-electron chi connectivity index (χ1n) is 5.62. The second kappa shape index (κ2) is 5.21. The van der Waals surface area contributed by atoms with Crippen molar-refractivity contribution < 1.29 is 14.1 Å². The monoisotopic (exact) mass is 224 g/mol. The van der Waals surface area contributed by atoms with Crippen LogP contribution in [0.5, 0.6) is 0 Å². The van der Waals surface area contributed by atoms with Crippen LogP contribution in [0.25, 0.3) is 0 Å². The van der Waals surface area contributed by atoms with Crippen LogP contribution in [0.4, 0.5) is 0 Å². The molecule has 0 radical (unpaired) electrons. The molecular formula is C11H16N2O3. The molecule has 1 saturated carbocycles. The van der Waals surface area contributed by atoms with E-state index in [1.54, 1.807) is 7.11 Å². The topological polar surface area (TPSA) is 65.2 Å². The predicted molar refractivity (Wildman–Crippen MR) is 55.9 cm³/mol. The molecule has 5 heteroatoms. The summed E-state index contributed by atoms with van der Waals surface area (Å²) in [5, 5.41) is 3.83. The predicted octanol–water partition coefficient (Wildman–Crippen LogP) is 1.17. The quantitative estimate of drug-likeness (QED) is 0.650. The summed E-state index contributed by atoms with van der Waals surface area (Å²) in [6.45, 7) is 0.685. The normalized spacial score (nSPS) is 15.3. The highest BCUT2D eigenvalue weighted by Gasteiger charge is 2.30. The molecule has 0 bridgehead atoms. The van der Waals surface area contributed by atoms with Crippen molar-refractivity contribution >= 4 is 5.78 Å². The summed E-state index contributed by atoms with van der Waals surface area (Å²) in [5.74, 6) is 1.59. The molecule has 88 valence electrons. The highest BCUT2D eigenvalue weighted by molar-refractivity contribution is 5.84. The van der Waals surface area contributed by atoms with E-state index in [1.807, 2.05) is 0 Å². The molecule has 2 rings (SSSR count). The Morgan fingerprint density at radius 1 is 1.56 bits per heavy atom. The molecule has 16 heavy (non-hydrogen) atoms. The van der Waals surface area contributed by atoms with Gasteiger partial charge in [0.2, 0.25) is 5.89 Å². The van der Waals surface area contributed by atoms with Crippen molar-refractivity contribution in [3.63, 3.8) is 0 Å². The molecule has 0 atom stereocenters. The van der Waals surface area contributed by atoms with E-state index >= 15 is 0 Å². The van der Waals surface area contributed by atoms with E-state index in [0.29, 0.717) is 24.7 Å². The summed E-state index contributed by atoms with van der Waals surface area (Å²) in [5.41, 5.74) is 0. The van der Waals surface area contributed by atoms with Gasteiger partial charge in [0, 0.05) is 26.1 Å². The molecule has 5 nitrogen and oxygen atoms in total. The lowest BCUT2D eigenvalue weighted by molar-refractivity contribution is -0.119. The first-order chi connectivity index (χ1) is 7.79. The summed E-state index contributed by atoms with van der Waals surface area (Å²) in [7, 11) is 1.66. The van der Waals surface area contributed by atoms with Crippen molar-refractivity contribution in [2.45, 2.75) is 32.1 Å². The summed E-state index contributed by atoms with van der Waals surface area (Å²) >= 11 is 0. The van der Waals surface area contributed by atoms with Crippen molar-refractivity contribution in [3.05, 3.63) is 11.7 Å². The second-order valence-electron chi connectivity index (χ2n) is 4.12. The highest BCUT2D eigenvalue weighted by atomic mass is 16.5. The van der Waals surface area contributed by atoms with Gasteiger partial charge in [-0.05, 0) is 19.3 Å². The lowest BCUT2D eigenvalue weighted by Crippen LogP contribution is -2.05. The number of hydrogen-bond donors (Lipinski definition) is 0. The summed E-state index contributed by atoms with van der Waals surface area (Å²) in [6.07, 6.45) is 3.93. The molecule has 0 aromatic carbocycles. The number of ether oxygens (including phenoxy) is 1. The zero-order valence-electron chi connectivity index (χ0n) is 9.44. The minimum Gasteiger partial charge on any atom is -0.385 e. The van der Waals surface area contributed by atoms with Gasteiger partial charge >= 0.3 is 0 Å². The van der Waals surface area contributed by atoms with Crippen LogP contribution in [-0.4, -0.2) is 29.6 Å². The van der Waals surface area contributed by atoms with E-state index in [1.165, 1.54) is 0 Å². The minimum atomic E-state index is 0.229. The van der Waals surface area contributed by atoms with Crippen LogP contribution in [0, 0.1) is 5.92 Å². The van der Waals surface area contributed by atoms with Crippen molar-refractivity contribution in [3.8, 4) is 0 Å². The fourth-order valence-corrected chi connectivity index (χ4v) is 1.54. The smallest absolute Gasteiger partial charge is 0.234 e. The molecule has 1 heterocycles. The average molecular weight is 224 g/mol. The van der Waals surface area contributed by atoms with Gasteiger partial charge in [-0.1, -0.05) is 5.16 Å². The Balaban J connectivity index is 1.79. The van der Waals surface area contributed by atoms with E-state index in [-0.39, 0.29) is 11.7 Å². The Hall–Kier alpha value is -1.23. The molecule has 0 amide bonds. The first kappa shape index (κ1) is 11.3. The van der Waals surface area contributed by atoms with Crippen LogP contribution in [0.2, 0.25) is 0 Å². The third-order valence-electron chi connectivity index (χ3n) is 2.62. The molecular weight excluding hydrogens is 208 g/mol. The SMILES string of the molecule is COCCCc1noc(CC(=O)C2CC2)n1. The number of carbonyl (C=O) groups is 1. The van der Waals surface area contributed by atoms with Crippen LogP contribution in [-0.2, 0) is 22.4 Å². The number of rotatable bonds is 7. The highest BCUT2D eigenvalue weighted by Crippen LogP contribution is 2.30. The Labute approximate surface area is 94.2 Å². The lowest BCUT2D eigenvalue weighted by atomic mass is 10.2. The van der Waals surface area contributed by atoms with Gasteiger partial charge in [-0.25, -0.2) is 0 Å². The van der Waals surface area contributed by atoms with Crippen LogP contribution in [0.1, 0.15) is 31.0 Å². The number of methoxy groups -OCH3 is 1. The number of aryl methyl sites for hydroxylation is 1. The maximum Gasteiger partial charge on any atom is 0.234 e. The van der Waals surface area contributed by atoms with Gasteiger partial charge in [0.25, 0.3) is 0 Å². The summed E-state index contributed by atoms with van der Waals surface area (Å²) in [6, 6.07) is 0. The van der Waals surface area contributed by atoms with E-state index in [9.17, 15) is 4.79 Å². The van der Waals surface area contributed by atoms with Gasteiger partial charge in [-0.2, -0.15) is 4.98 Å². The van der Waals surface area contributed by atoms with E-state index in [2.05, 4.69) is 10.1 Å². The second-order valence-corrected chi connectivity index (χ2v) is 4.12. The fraction of sp³-hybridized carbons (Fsp3) is 0.727. The maximum atomic E-state index is 11.5. The van der Waals surface area contributed by atoms with E-state index < -0.39 is 0 Å². The number of carbonyl (C=O) groups excluding carboxylic acids is 1. The van der Waals surface area contributed by atoms with Crippen LogP contribution in [0.15, 0.2) is 4.52 Å². The zero-order chi connectivity index (χ0) is 11.4. The average Bonchev–Trinajstić information content (AvgIpc) is 3.03. The molecule has 1 aromatic rings. The first-order valence-corrected chi connectivity index (χ1v) is 5.62. The van der Waals surface area contributed by atoms with E-state index in [0.717, 1.165) is 25.7 Å². The van der Waals surface area contributed by atoms with Gasteiger partial charge in [0.15, 0.2) is 5.82 Å². The van der Waals surface area contributed by atoms with Crippen LogP contribution in [0.3, 0.4) is 0 Å². The van der Waals surface area contributed by atoms with Crippen LogP contribution < -0.4 is 0 Å². The molecule has 1 aliphatic rings. The molecule has 0 saturated heterocycles. The number of ketones is 1. The Morgan fingerprint density at radius 2 is 2.38 bits per heavy atom. The van der Waals surface area contributed by atoms with Gasteiger partial charge in [-0.15, -0.1) is 0 Å². The molecule has 0 N–H and O–H groups in total. The molecule has 1 aromatic heterocycles. The van der Waals surface area contributed by atoms with Gasteiger partial charge in [-0.3, -0.25) is 4.79 Å². The molecule has 0 unspecified atom stereocenters. The van der Waals surface area contributed by atoms with Crippen molar-refractivity contribution in [2.24, 2.45) is 5.92 Å². The van der Waals surface area contributed by atoms with Gasteiger partial charge < -0.3 is 9.26 Å². The summed E-state index contributed by atoms with van der Waals surface area (Å²) in [4.78, 5) is 15.7. The number of Topliss-reactive ketones (excluding diaryl/α,β-unsaturated/α-hetero) is 1. The Bertz CT molecular complexity index is 358. The van der Waals surface area contributed by atoms with Crippen molar-refractivity contribution in [1.29, 1.82) is 0 Å². The minimum absolute atomic E-state index is 0.229. The fourth-order valence-electron chi connectivity index (χ4n) is 1.54. The largest absolute Gasteiger partial charge is 0.385 e. The Kier molecular flexibility index (Phi) is 3.66. The molecule has 0 aliphatic heterocycles. The summed E-state index contributed by atoms with van der Waals surface area (Å²) < 4.78 is 9.96. The maximum absolute atomic E-state index is 11.5. The van der Waals surface area contributed by atoms with Crippen molar-refractivity contribution in [2.75, 3.05) is 13.7 Å². The van der Waals surface area contributed by atoms with Gasteiger partial charge in [0.1, 0.15) is 5.78 Å². The Morgan fingerprint density at radius 3 is 3.06 bits per heavy atom. The van der Waals surface area contributed by atoms with Crippen molar-refractivity contribution in [1.82, 2.24) is 10.1 Å². The van der Waals surface area contributed by atoms with Gasteiger partial charge in [0.05, 0.1) is 6.42 Å².